The Morgan fingerprint density at radius 2 is 2.31 bits per heavy atom. The molecule has 3 rings (SSSR count). The van der Waals surface area contributed by atoms with Crippen LogP contribution in [0.1, 0.15) is 24.4 Å². The minimum Gasteiger partial charge on any atom is -0.324 e. The number of thioether (sulfide) groups is 1. The number of hydrogen-bond donors (Lipinski definition) is 2. The molecule has 1 fully saturated rings. The number of benzene rings is 1. The van der Waals surface area contributed by atoms with E-state index in [9.17, 15) is 4.79 Å². The van der Waals surface area contributed by atoms with Crippen molar-refractivity contribution in [2.75, 3.05) is 17.6 Å². The number of carbonyl (C=O) groups is 1. The highest BCUT2D eigenvalue weighted by molar-refractivity contribution is 8.00. The van der Waals surface area contributed by atoms with Gasteiger partial charge >= 0.3 is 0 Å². The standard InChI is InChI=1S/C12H14N2OS/c15-12-7-16-11-4-3-8(6-10(11)14-12)9-2-1-5-13-9/h3-4,6,9,13H,1-2,5,7H2,(H,14,15). The predicted molar refractivity (Wildman–Crippen MR) is 65.8 cm³/mol. The van der Waals surface area contributed by atoms with Gasteiger partial charge in [0.15, 0.2) is 0 Å². The molecule has 1 aromatic carbocycles. The van der Waals surface area contributed by atoms with Crippen LogP contribution in [0, 0.1) is 0 Å². The Hall–Kier alpha value is -1.00. The molecule has 0 saturated carbocycles. The van der Waals surface area contributed by atoms with Crippen LogP contribution in [0.2, 0.25) is 0 Å². The summed E-state index contributed by atoms with van der Waals surface area (Å²) in [4.78, 5) is 12.5. The summed E-state index contributed by atoms with van der Waals surface area (Å²) in [5.41, 5.74) is 2.27. The Morgan fingerprint density at radius 1 is 1.38 bits per heavy atom. The molecule has 2 N–H and O–H groups in total. The smallest absolute Gasteiger partial charge is 0.234 e. The molecule has 3 nitrogen and oxygen atoms in total. The molecule has 0 spiro atoms. The summed E-state index contributed by atoms with van der Waals surface area (Å²) in [7, 11) is 0. The summed E-state index contributed by atoms with van der Waals surface area (Å²) >= 11 is 1.62. The van der Waals surface area contributed by atoms with Gasteiger partial charge in [-0.15, -0.1) is 11.8 Å². The van der Waals surface area contributed by atoms with Crippen LogP contribution in [0.5, 0.6) is 0 Å². The average molecular weight is 234 g/mol. The van der Waals surface area contributed by atoms with Gasteiger partial charge in [0.1, 0.15) is 0 Å². The van der Waals surface area contributed by atoms with E-state index < -0.39 is 0 Å². The molecule has 2 heterocycles. The Kier molecular flexibility index (Phi) is 2.61. The van der Waals surface area contributed by atoms with Crippen molar-refractivity contribution in [3.8, 4) is 0 Å². The number of nitrogens with one attached hydrogen (secondary N) is 2. The lowest BCUT2D eigenvalue weighted by Crippen LogP contribution is -2.19. The third-order valence-corrected chi connectivity index (χ3v) is 4.17. The Balaban J connectivity index is 1.91. The lowest BCUT2D eigenvalue weighted by atomic mass is 10.0. The molecule has 4 heteroatoms. The third kappa shape index (κ3) is 1.83. The second kappa shape index (κ2) is 4.11. The largest absolute Gasteiger partial charge is 0.324 e. The van der Waals surface area contributed by atoms with Crippen molar-refractivity contribution in [1.29, 1.82) is 0 Å². The van der Waals surface area contributed by atoms with E-state index in [1.807, 2.05) is 0 Å². The van der Waals surface area contributed by atoms with E-state index in [0.717, 1.165) is 12.2 Å². The Labute approximate surface area is 99.0 Å². The summed E-state index contributed by atoms with van der Waals surface area (Å²) < 4.78 is 0. The maximum absolute atomic E-state index is 11.3. The van der Waals surface area contributed by atoms with Gasteiger partial charge in [0.2, 0.25) is 5.91 Å². The molecule has 84 valence electrons. The fourth-order valence-electron chi connectivity index (χ4n) is 2.29. The van der Waals surface area contributed by atoms with Crippen molar-refractivity contribution in [1.82, 2.24) is 5.32 Å². The summed E-state index contributed by atoms with van der Waals surface area (Å²) in [6.45, 7) is 1.10. The molecule has 16 heavy (non-hydrogen) atoms. The van der Waals surface area contributed by atoms with Gasteiger partial charge in [-0.2, -0.15) is 0 Å². The molecule has 2 aliphatic rings. The number of rotatable bonds is 1. The number of carbonyl (C=O) groups excluding carboxylic acids is 1. The van der Waals surface area contributed by atoms with Crippen LogP contribution in [0.3, 0.4) is 0 Å². The molecule has 2 aliphatic heterocycles. The first-order valence-corrected chi connectivity index (χ1v) is 6.61. The second-order valence-electron chi connectivity index (χ2n) is 4.24. The van der Waals surface area contributed by atoms with Crippen molar-refractivity contribution >= 4 is 23.4 Å². The van der Waals surface area contributed by atoms with Gasteiger partial charge in [-0.3, -0.25) is 4.79 Å². The van der Waals surface area contributed by atoms with E-state index in [4.69, 9.17) is 0 Å². The number of fused-ring (bicyclic) bond motifs is 1. The van der Waals surface area contributed by atoms with Crippen LogP contribution < -0.4 is 10.6 Å². The van der Waals surface area contributed by atoms with Crippen LogP contribution in [0.15, 0.2) is 23.1 Å². The van der Waals surface area contributed by atoms with Crippen molar-refractivity contribution < 1.29 is 4.79 Å². The van der Waals surface area contributed by atoms with Gasteiger partial charge in [-0.05, 0) is 37.1 Å². The minimum absolute atomic E-state index is 0.106. The summed E-state index contributed by atoms with van der Waals surface area (Å²) in [5, 5.41) is 6.41. The van der Waals surface area contributed by atoms with E-state index in [0.29, 0.717) is 11.8 Å². The van der Waals surface area contributed by atoms with Gasteiger partial charge in [0.25, 0.3) is 0 Å². The normalized spacial score (nSPS) is 24.0. The number of amides is 1. The molecule has 0 radical (unpaired) electrons. The predicted octanol–water partition coefficient (Wildman–Crippen LogP) is 2.16. The maximum atomic E-state index is 11.3. The van der Waals surface area contributed by atoms with E-state index in [2.05, 4.69) is 28.8 Å². The fourth-order valence-corrected chi connectivity index (χ4v) is 3.08. The molecule has 1 aromatic rings. The van der Waals surface area contributed by atoms with Gasteiger partial charge in [0, 0.05) is 10.9 Å². The fraction of sp³-hybridized carbons (Fsp3) is 0.417. The van der Waals surface area contributed by atoms with E-state index >= 15 is 0 Å². The molecular weight excluding hydrogens is 220 g/mol. The monoisotopic (exact) mass is 234 g/mol. The van der Waals surface area contributed by atoms with Gasteiger partial charge < -0.3 is 10.6 Å². The average Bonchev–Trinajstić information content (AvgIpc) is 2.81. The molecule has 1 amide bonds. The molecule has 0 aromatic heterocycles. The summed E-state index contributed by atoms with van der Waals surface area (Å²) in [6, 6.07) is 6.87. The van der Waals surface area contributed by atoms with Gasteiger partial charge in [-0.25, -0.2) is 0 Å². The zero-order chi connectivity index (χ0) is 11.0. The van der Waals surface area contributed by atoms with Crippen molar-refractivity contribution in [3.63, 3.8) is 0 Å². The lowest BCUT2D eigenvalue weighted by Gasteiger charge is -2.19. The van der Waals surface area contributed by atoms with E-state index in [1.165, 1.54) is 23.3 Å². The quantitative estimate of drug-likeness (QED) is 0.782. The Bertz CT molecular complexity index is 427. The second-order valence-corrected chi connectivity index (χ2v) is 5.26. The third-order valence-electron chi connectivity index (χ3n) is 3.10. The Morgan fingerprint density at radius 3 is 3.12 bits per heavy atom. The van der Waals surface area contributed by atoms with Crippen LogP contribution in [0.4, 0.5) is 5.69 Å². The molecular formula is C12H14N2OS. The lowest BCUT2D eigenvalue weighted by molar-refractivity contribution is -0.113. The highest BCUT2D eigenvalue weighted by atomic mass is 32.2. The first kappa shape index (κ1) is 10.2. The maximum Gasteiger partial charge on any atom is 0.234 e. The van der Waals surface area contributed by atoms with Crippen LogP contribution in [-0.4, -0.2) is 18.2 Å². The van der Waals surface area contributed by atoms with Gasteiger partial charge in [-0.1, -0.05) is 6.07 Å². The highest BCUT2D eigenvalue weighted by Crippen LogP contribution is 2.34. The molecule has 1 unspecified atom stereocenters. The zero-order valence-electron chi connectivity index (χ0n) is 8.95. The summed E-state index contributed by atoms with van der Waals surface area (Å²) in [5.74, 6) is 0.641. The SMILES string of the molecule is O=C1CSc2ccc(C3CCCN3)cc2N1. The molecule has 1 atom stereocenters. The number of hydrogen-bond acceptors (Lipinski definition) is 3. The van der Waals surface area contributed by atoms with Crippen molar-refractivity contribution in [2.24, 2.45) is 0 Å². The molecule has 0 bridgehead atoms. The van der Waals surface area contributed by atoms with Crippen LogP contribution >= 0.6 is 11.8 Å². The van der Waals surface area contributed by atoms with E-state index in [1.54, 1.807) is 11.8 Å². The topological polar surface area (TPSA) is 41.1 Å². The van der Waals surface area contributed by atoms with Crippen molar-refractivity contribution in [2.45, 2.75) is 23.8 Å². The number of anilines is 1. The highest BCUT2D eigenvalue weighted by Gasteiger charge is 2.20. The summed E-state index contributed by atoms with van der Waals surface area (Å²) in [6.07, 6.45) is 2.43. The van der Waals surface area contributed by atoms with Gasteiger partial charge in [0.05, 0.1) is 11.4 Å². The van der Waals surface area contributed by atoms with E-state index in [-0.39, 0.29) is 5.91 Å². The van der Waals surface area contributed by atoms with Crippen LogP contribution in [0.25, 0.3) is 0 Å². The van der Waals surface area contributed by atoms with Crippen molar-refractivity contribution in [3.05, 3.63) is 23.8 Å². The van der Waals surface area contributed by atoms with Crippen LogP contribution in [-0.2, 0) is 4.79 Å². The zero-order valence-corrected chi connectivity index (χ0v) is 9.77. The molecule has 1 saturated heterocycles. The first-order valence-electron chi connectivity index (χ1n) is 5.63. The molecule has 0 aliphatic carbocycles. The minimum atomic E-state index is 0.106. The first-order chi connectivity index (χ1) is 7.83.